The van der Waals surface area contributed by atoms with Crippen molar-refractivity contribution in [3.63, 3.8) is 0 Å². The van der Waals surface area contributed by atoms with E-state index >= 15 is 0 Å². The molecule has 0 aliphatic carbocycles. The zero-order valence-electron chi connectivity index (χ0n) is 11.4. The molecule has 1 aromatic carbocycles. The molecule has 1 atom stereocenters. The Balaban J connectivity index is 1.66. The third kappa shape index (κ3) is 4.51. The first-order chi connectivity index (χ1) is 9.75. The van der Waals surface area contributed by atoms with Crippen molar-refractivity contribution >= 4 is 5.91 Å². The summed E-state index contributed by atoms with van der Waals surface area (Å²) in [5.74, 6) is -0.0977. The number of amides is 1. The van der Waals surface area contributed by atoms with Crippen LogP contribution in [0.25, 0.3) is 0 Å². The Morgan fingerprint density at radius 1 is 1.35 bits per heavy atom. The van der Waals surface area contributed by atoms with Crippen LogP contribution in [0.5, 0.6) is 0 Å². The van der Waals surface area contributed by atoms with E-state index in [0.717, 1.165) is 18.5 Å². The SMILES string of the molecule is N[C@@H](Cc1ccccc1)C(=O)NCCCn1ccnc1. The molecule has 0 saturated heterocycles. The van der Waals surface area contributed by atoms with Crippen LogP contribution in [-0.2, 0) is 17.8 Å². The minimum absolute atomic E-state index is 0.0977. The first kappa shape index (κ1) is 14.3. The predicted molar refractivity (Wildman–Crippen MR) is 78.0 cm³/mol. The number of benzene rings is 1. The molecule has 0 radical (unpaired) electrons. The van der Waals surface area contributed by atoms with Crippen LogP contribution < -0.4 is 11.1 Å². The molecule has 1 amide bonds. The Morgan fingerprint density at radius 2 is 2.15 bits per heavy atom. The number of nitrogens with two attached hydrogens (primary N) is 1. The largest absolute Gasteiger partial charge is 0.355 e. The van der Waals surface area contributed by atoms with Gasteiger partial charge in [0, 0.05) is 25.5 Å². The van der Waals surface area contributed by atoms with Crippen molar-refractivity contribution in [2.24, 2.45) is 5.73 Å². The van der Waals surface area contributed by atoms with Crippen molar-refractivity contribution < 1.29 is 4.79 Å². The zero-order valence-corrected chi connectivity index (χ0v) is 11.4. The molecular formula is C15H20N4O. The molecule has 0 bridgehead atoms. The number of aryl methyl sites for hydroxylation is 1. The number of hydrogen-bond donors (Lipinski definition) is 2. The summed E-state index contributed by atoms with van der Waals surface area (Å²) in [7, 11) is 0. The maximum absolute atomic E-state index is 11.9. The molecule has 0 fully saturated rings. The van der Waals surface area contributed by atoms with E-state index in [1.54, 1.807) is 12.5 Å². The Morgan fingerprint density at radius 3 is 2.85 bits per heavy atom. The van der Waals surface area contributed by atoms with Crippen LogP contribution in [0.4, 0.5) is 0 Å². The molecule has 0 unspecified atom stereocenters. The highest BCUT2D eigenvalue weighted by Crippen LogP contribution is 2.01. The molecule has 2 aromatic rings. The van der Waals surface area contributed by atoms with Crippen molar-refractivity contribution in [3.05, 3.63) is 54.6 Å². The van der Waals surface area contributed by atoms with E-state index in [2.05, 4.69) is 10.3 Å². The summed E-state index contributed by atoms with van der Waals surface area (Å²) in [6.45, 7) is 1.47. The Hall–Kier alpha value is -2.14. The fourth-order valence-electron chi connectivity index (χ4n) is 1.98. The van der Waals surface area contributed by atoms with Crippen molar-refractivity contribution in [1.82, 2.24) is 14.9 Å². The van der Waals surface area contributed by atoms with Gasteiger partial charge in [0.1, 0.15) is 0 Å². The highest BCUT2D eigenvalue weighted by molar-refractivity contribution is 5.81. The van der Waals surface area contributed by atoms with Crippen LogP contribution in [0.2, 0.25) is 0 Å². The van der Waals surface area contributed by atoms with Gasteiger partial charge in [-0.3, -0.25) is 4.79 Å². The Bertz CT molecular complexity index is 510. The molecule has 5 nitrogen and oxygen atoms in total. The highest BCUT2D eigenvalue weighted by atomic mass is 16.2. The van der Waals surface area contributed by atoms with Crippen molar-refractivity contribution in [2.75, 3.05) is 6.54 Å². The third-order valence-corrected chi connectivity index (χ3v) is 3.09. The summed E-state index contributed by atoms with van der Waals surface area (Å²) in [6, 6.07) is 9.31. The number of aromatic nitrogens is 2. The molecule has 0 spiro atoms. The van der Waals surface area contributed by atoms with Gasteiger partial charge in [0.2, 0.25) is 5.91 Å². The summed E-state index contributed by atoms with van der Waals surface area (Å²) in [6.07, 6.45) is 6.84. The average Bonchev–Trinajstić information content (AvgIpc) is 2.97. The number of carbonyl (C=O) groups is 1. The summed E-state index contributed by atoms with van der Waals surface area (Å²) in [5, 5.41) is 2.87. The molecule has 1 heterocycles. The van der Waals surface area contributed by atoms with E-state index < -0.39 is 6.04 Å². The molecule has 1 aromatic heterocycles. The monoisotopic (exact) mass is 272 g/mol. The van der Waals surface area contributed by atoms with Gasteiger partial charge in [0.25, 0.3) is 0 Å². The zero-order chi connectivity index (χ0) is 14.2. The van der Waals surface area contributed by atoms with E-state index in [1.807, 2.05) is 41.1 Å². The van der Waals surface area contributed by atoms with Crippen molar-refractivity contribution in [2.45, 2.75) is 25.4 Å². The lowest BCUT2D eigenvalue weighted by Crippen LogP contribution is -2.42. The molecular weight excluding hydrogens is 252 g/mol. The molecule has 0 aliphatic rings. The van der Waals surface area contributed by atoms with Crippen LogP contribution in [0.15, 0.2) is 49.1 Å². The van der Waals surface area contributed by atoms with Gasteiger partial charge >= 0.3 is 0 Å². The minimum atomic E-state index is -0.495. The van der Waals surface area contributed by atoms with Crippen LogP contribution in [-0.4, -0.2) is 28.0 Å². The number of rotatable bonds is 7. The summed E-state index contributed by atoms with van der Waals surface area (Å²) < 4.78 is 1.98. The molecule has 2 rings (SSSR count). The van der Waals surface area contributed by atoms with E-state index in [-0.39, 0.29) is 5.91 Å². The highest BCUT2D eigenvalue weighted by Gasteiger charge is 2.12. The number of hydrogen-bond acceptors (Lipinski definition) is 3. The molecule has 106 valence electrons. The summed E-state index contributed by atoms with van der Waals surface area (Å²) in [5.41, 5.74) is 6.98. The number of nitrogens with zero attached hydrogens (tertiary/aromatic N) is 2. The topological polar surface area (TPSA) is 72.9 Å². The lowest BCUT2D eigenvalue weighted by molar-refractivity contribution is -0.122. The normalized spacial score (nSPS) is 12.1. The fraction of sp³-hybridized carbons (Fsp3) is 0.333. The summed E-state index contributed by atoms with van der Waals surface area (Å²) >= 11 is 0. The second kappa shape index (κ2) is 7.45. The number of carbonyl (C=O) groups excluding carboxylic acids is 1. The molecule has 20 heavy (non-hydrogen) atoms. The average molecular weight is 272 g/mol. The lowest BCUT2D eigenvalue weighted by atomic mass is 10.1. The van der Waals surface area contributed by atoms with Gasteiger partial charge in [-0.25, -0.2) is 4.98 Å². The van der Waals surface area contributed by atoms with Crippen LogP contribution >= 0.6 is 0 Å². The van der Waals surface area contributed by atoms with Gasteiger partial charge in [-0.2, -0.15) is 0 Å². The van der Waals surface area contributed by atoms with Crippen LogP contribution in [0.3, 0.4) is 0 Å². The second-order valence-electron chi connectivity index (χ2n) is 4.74. The standard InChI is InChI=1S/C15H20N4O/c16-14(11-13-5-2-1-3-6-13)15(20)18-7-4-9-19-10-8-17-12-19/h1-3,5-6,8,10,12,14H,4,7,9,11,16H2,(H,18,20)/t14-/m0/s1. The van der Waals surface area contributed by atoms with Gasteiger partial charge in [-0.15, -0.1) is 0 Å². The van der Waals surface area contributed by atoms with Crippen molar-refractivity contribution in [1.29, 1.82) is 0 Å². The summed E-state index contributed by atoms with van der Waals surface area (Å²) in [4.78, 5) is 15.8. The van der Waals surface area contributed by atoms with Crippen molar-refractivity contribution in [3.8, 4) is 0 Å². The Kier molecular flexibility index (Phi) is 5.32. The van der Waals surface area contributed by atoms with E-state index in [1.165, 1.54) is 0 Å². The van der Waals surface area contributed by atoms with Gasteiger partial charge in [-0.05, 0) is 18.4 Å². The first-order valence-electron chi connectivity index (χ1n) is 6.78. The molecule has 0 saturated carbocycles. The van der Waals surface area contributed by atoms with Gasteiger partial charge < -0.3 is 15.6 Å². The van der Waals surface area contributed by atoms with Gasteiger partial charge in [-0.1, -0.05) is 30.3 Å². The number of imidazole rings is 1. The maximum Gasteiger partial charge on any atom is 0.237 e. The van der Waals surface area contributed by atoms with Crippen LogP contribution in [0, 0.1) is 0 Å². The van der Waals surface area contributed by atoms with E-state index in [4.69, 9.17) is 5.73 Å². The lowest BCUT2D eigenvalue weighted by Gasteiger charge is -2.12. The molecule has 5 heteroatoms. The van der Waals surface area contributed by atoms with Crippen LogP contribution in [0.1, 0.15) is 12.0 Å². The van der Waals surface area contributed by atoms with Gasteiger partial charge in [0.05, 0.1) is 12.4 Å². The third-order valence-electron chi connectivity index (χ3n) is 3.09. The second-order valence-corrected chi connectivity index (χ2v) is 4.74. The molecule has 3 N–H and O–H groups in total. The first-order valence-corrected chi connectivity index (χ1v) is 6.78. The minimum Gasteiger partial charge on any atom is -0.355 e. The number of nitrogens with one attached hydrogen (secondary N) is 1. The molecule has 0 aliphatic heterocycles. The smallest absolute Gasteiger partial charge is 0.237 e. The quantitative estimate of drug-likeness (QED) is 0.737. The predicted octanol–water partition coefficient (Wildman–Crippen LogP) is 0.959. The van der Waals surface area contributed by atoms with Gasteiger partial charge in [0.15, 0.2) is 0 Å². The maximum atomic E-state index is 11.9. The Labute approximate surface area is 118 Å². The van der Waals surface area contributed by atoms with E-state index in [0.29, 0.717) is 13.0 Å². The fourth-order valence-corrected chi connectivity index (χ4v) is 1.98. The van der Waals surface area contributed by atoms with E-state index in [9.17, 15) is 4.79 Å².